The van der Waals surface area contributed by atoms with Crippen LogP contribution in [0.25, 0.3) is 11.1 Å². The van der Waals surface area contributed by atoms with Crippen molar-refractivity contribution in [3.8, 4) is 11.1 Å². The van der Waals surface area contributed by atoms with E-state index < -0.39 is 0 Å². The molecule has 6 nitrogen and oxygen atoms in total. The summed E-state index contributed by atoms with van der Waals surface area (Å²) in [5, 5.41) is 10.2. The molecule has 0 saturated carbocycles. The van der Waals surface area contributed by atoms with Crippen molar-refractivity contribution in [3.05, 3.63) is 41.6 Å². The first-order valence-electron chi connectivity index (χ1n) is 11.1. The SMILES string of the molecule is CC1(C)CC(CNc2cccc(-c3cc(NC(=O)C4CCCN4)ncc3Cl)c2)CCO1. The summed E-state index contributed by atoms with van der Waals surface area (Å²) in [5.41, 5.74) is 2.84. The van der Waals surface area contributed by atoms with Gasteiger partial charge >= 0.3 is 0 Å². The highest BCUT2D eigenvalue weighted by molar-refractivity contribution is 6.33. The third-order valence-electron chi connectivity index (χ3n) is 6.05. The van der Waals surface area contributed by atoms with Gasteiger partial charge in [0.1, 0.15) is 5.82 Å². The molecule has 2 atom stereocenters. The Morgan fingerprint density at radius 1 is 1.32 bits per heavy atom. The number of aromatic nitrogens is 1. The molecule has 4 rings (SSSR count). The molecule has 31 heavy (non-hydrogen) atoms. The van der Waals surface area contributed by atoms with Crippen LogP contribution in [0.4, 0.5) is 11.5 Å². The van der Waals surface area contributed by atoms with E-state index in [-0.39, 0.29) is 17.6 Å². The molecule has 1 aromatic carbocycles. The molecule has 2 fully saturated rings. The van der Waals surface area contributed by atoms with Crippen LogP contribution in [0.2, 0.25) is 5.02 Å². The van der Waals surface area contributed by atoms with Crippen molar-refractivity contribution < 1.29 is 9.53 Å². The Kier molecular flexibility index (Phi) is 6.80. The number of hydrogen-bond acceptors (Lipinski definition) is 5. The van der Waals surface area contributed by atoms with Crippen LogP contribution < -0.4 is 16.0 Å². The summed E-state index contributed by atoms with van der Waals surface area (Å²) < 4.78 is 5.83. The maximum Gasteiger partial charge on any atom is 0.242 e. The number of carbonyl (C=O) groups excluding carboxylic acids is 1. The zero-order valence-corrected chi connectivity index (χ0v) is 19.0. The topological polar surface area (TPSA) is 75.3 Å². The summed E-state index contributed by atoms with van der Waals surface area (Å²) in [6.45, 7) is 6.92. The van der Waals surface area contributed by atoms with Gasteiger partial charge in [0.05, 0.1) is 16.7 Å². The molecule has 2 unspecified atom stereocenters. The van der Waals surface area contributed by atoms with Gasteiger partial charge in [0.2, 0.25) is 5.91 Å². The first kappa shape index (κ1) is 22.1. The van der Waals surface area contributed by atoms with Crippen molar-refractivity contribution in [1.82, 2.24) is 10.3 Å². The van der Waals surface area contributed by atoms with Crippen LogP contribution in [0.15, 0.2) is 36.5 Å². The van der Waals surface area contributed by atoms with Gasteiger partial charge in [-0.15, -0.1) is 0 Å². The first-order chi connectivity index (χ1) is 14.9. The molecule has 166 valence electrons. The lowest BCUT2D eigenvalue weighted by Crippen LogP contribution is -2.36. The standard InChI is InChI=1S/C24H31ClN4O2/c1-24(2)13-16(8-10-31-24)14-27-18-6-3-5-17(11-18)19-12-22(28-15-20(19)25)29-23(30)21-7-4-9-26-21/h3,5-6,11-12,15-16,21,26-27H,4,7-10,13-14H2,1-2H3,(H,28,29,30). The van der Waals surface area contributed by atoms with Gasteiger partial charge in [-0.3, -0.25) is 4.79 Å². The molecule has 0 radical (unpaired) electrons. The van der Waals surface area contributed by atoms with Gasteiger partial charge in [0.15, 0.2) is 0 Å². The monoisotopic (exact) mass is 442 g/mol. The van der Waals surface area contributed by atoms with E-state index in [9.17, 15) is 4.79 Å². The minimum atomic E-state index is -0.149. The van der Waals surface area contributed by atoms with E-state index in [0.29, 0.717) is 16.8 Å². The number of nitrogens with one attached hydrogen (secondary N) is 3. The molecule has 1 aromatic heterocycles. The molecule has 2 saturated heterocycles. The van der Waals surface area contributed by atoms with Gasteiger partial charge in [-0.1, -0.05) is 23.7 Å². The number of amides is 1. The fraction of sp³-hybridized carbons (Fsp3) is 0.500. The van der Waals surface area contributed by atoms with Crippen molar-refractivity contribution in [3.63, 3.8) is 0 Å². The minimum Gasteiger partial charge on any atom is -0.385 e. The Hall–Kier alpha value is -2.15. The van der Waals surface area contributed by atoms with E-state index in [1.807, 2.05) is 18.2 Å². The second-order valence-electron chi connectivity index (χ2n) is 9.12. The lowest BCUT2D eigenvalue weighted by Gasteiger charge is -2.35. The van der Waals surface area contributed by atoms with Gasteiger partial charge in [-0.2, -0.15) is 0 Å². The fourth-order valence-electron chi connectivity index (χ4n) is 4.44. The number of rotatable bonds is 6. The van der Waals surface area contributed by atoms with Gasteiger partial charge in [0.25, 0.3) is 0 Å². The van der Waals surface area contributed by atoms with E-state index in [1.54, 1.807) is 6.20 Å². The molecule has 0 spiro atoms. The van der Waals surface area contributed by atoms with Gasteiger partial charge in [-0.05, 0) is 75.8 Å². The number of pyridine rings is 1. The van der Waals surface area contributed by atoms with Crippen LogP contribution in [0.5, 0.6) is 0 Å². The van der Waals surface area contributed by atoms with Crippen LogP contribution in [0.1, 0.15) is 39.5 Å². The predicted octanol–water partition coefficient (Wildman–Crippen LogP) is 4.71. The number of anilines is 2. The fourth-order valence-corrected chi connectivity index (χ4v) is 4.65. The highest BCUT2D eigenvalue weighted by Crippen LogP contribution is 2.32. The lowest BCUT2D eigenvalue weighted by molar-refractivity contribution is -0.117. The molecule has 2 aromatic rings. The third kappa shape index (κ3) is 5.76. The summed E-state index contributed by atoms with van der Waals surface area (Å²) in [5.74, 6) is 1.05. The van der Waals surface area contributed by atoms with E-state index in [2.05, 4.69) is 46.9 Å². The summed E-state index contributed by atoms with van der Waals surface area (Å²) in [7, 11) is 0. The van der Waals surface area contributed by atoms with E-state index in [0.717, 1.165) is 62.2 Å². The highest BCUT2D eigenvalue weighted by atomic mass is 35.5. The van der Waals surface area contributed by atoms with E-state index in [1.165, 1.54) is 0 Å². The summed E-state index contributed by atoms with van der Waals surface area (Å²) in [6, 6.07) is 9.89. The van der Waals surface area contributed by atoms with Crippen LogP contribution in [-0.4, -0.2) is 42.2 Å². The smallest absolute Gasteiger partial charge is 0.242 e. The Bertz CT molecular complexity index is 928. The molecule has 0 aliphatic carbocycles. The van der Waals surface area contributed by atoms with Gasteiger partial charge in [-0.25, -0.2) is 4.98 Å². The maximum atomic E-state index is 12.4. The average molecular weight is 443 g/mol. The molecule has 2 aliphatic rings. The molecule has 2 aliphatic heterocycles. The number of carbonyl (C=O) groups is 1. The average Bonchev–Trinajstić information content (AvgIpc) is 3.28. The van der Waals surface area contributed by atoms with Gasteiger partial charge in [0, 0.05) is 30.6 Å². The Labute approximate surface area is 189 Å². The van der Waals surface area contributed by atoms with Gasteiger partial charge < -0.3 is 20.7 Å². The van der Waals surface area contributed by atoms with Crippen LogP contribution >= 0.6 is 11.6 Å². The highest BCUT2D eigenvalue weighted by Gasteiger charge is 2.28. The Morgan fingerprint density at radius 2 is 2.19 bits per heavy atom. The predicted molar refractivity (Wildman–Crippen MR) is 126 cm³/mol. The summed E-state index contributed by atoms with van der Waals surface area (Å²) in [6.07, 6.45) is 5.59. The summed E-state index contributed by atoms with van der Waals surface area (Å²) in [4.78, 5) is 16.7. The molecule has 0 bridgehead atoms. The van der Waals surface area contributed by atoms with Crippen molar-refractivity contribution in [2.45, 2.75) is 51.2 Å². The second-order valence-corrected chi connectivity index (χ2v) is 9.52. The molecular weight excluding hydrogens is 412 g/mol. The molecule has 3 heterocycles. The van der Waals surface area contributed by atoms with Crippen molar-refractivity contribution >= 4 is 29.0 Å². The first-order valence-corrected chi connectivity index (χ1v) is 11.5. The largest absolute Gasteiger partial charge is 0.385 e. The maximum absolute atomic E-state index is 12.4. The van der Waals surface area contributed by atoms with E-state index >= 15 is 0 Å². The Balaban J connectivity index is 1.44. The molecule has 7 heteroatoms. The molecule has 3 N–H and O–H groups in total. The normalized spacial score (nSPS) is 22.8. The Morgan fingerprint density at radius 3 is 2.97 bits per heavy atom. The van der Waals surface area contributed by atoms with E-state index in [4.69, 9.17) is 16.3 Å². The van der Waals surface area contributed by atoms with Crippen LogP contribution in [0, 0.1) is 5.92 Å². The third-order valence-corrected chi connectivity index (χ3v) is 6.35. The van der Waals surface area contributed by atoms with Crippen LogP contribution in [-0.2, 0) is 9.53 Å². The van der Waals surface area contributed by atoms with Crippen molar-refractivity contribution in [2.24, 2.45) is 5.92 Å². The second kappa shape index (κ2) is 9.55. The lowest BCUT2D eigenvalue weighted by atomic mass is 9.88. The zero-order chi connectivity index (χ0) is 21.8. The summed E-state index contributed by atoms with van der Waals surface area (Å²) >= 11 is 6.46. The number of halogens is 1. The minimum absolute atomic E-state index is 0.0481. The number of nitrogens with zero attached hydrogens (tertiary/aromatic N) is 1. The quantitative estimate of drug-likeness (QED) is 0.604. The van der Waals surface area contributed by atoms with Crippen molar-refractivity contribution in [2.75, 3.05) is 30.3 Å². The molecule has 1 amide bonds. The number of hydrogen-bond donors (Lipinski definition) is 3. The number of benzene rings is 1. The molecular formula is C24H31ClN4O2. The van der Waals surface area contributed by atoms with Crippen molar-refractivity contribution in [1.29, 1.82) is 0 Å². The van der Waals surface area contributed by atoms with Crippen LogP contribution in [0.3, 0.4) is 0 Å². The number of ether oxygens (including phenoxy) is 1. The zero-order valence-electron chi connectivity index (χ0n) is 18.2.